The van der Waals surface area contributed by atoms with Crippen molar-refractivity contribution in [1.82, 2.24) is 4.98 Å². The Hall–Kier alpha value is -4.44. The zero-order chi connectivity index (χ0) is 26.8. The molecule has 0 aliphatic carbocycles. The maximum Gasteiger partial charge on any atom is 0.256 e. The molecule has 5 rings (SSSR count). The Kier molecular flexibility index (Phi) is 6.97. The number of hydrogen-bond donors (Lipinski definition) is 1. The van der Waals surface area contributed by atoms with Gasteiger partial charge in [0, 0.05) is 16.6 Å². The molecule has 1 N–H and O–H groups in total. The van der Waals surface area contributed by atoms with Crippen LogP contribution < -0.4 is 10.1 Å². The topological polar surface area (TPSA) is 51.2 Å². The average molecular weight is 501 g/mol. The van der Waals surface area contributed by atoms with Crippen molar-refractivity contribution >= 4 is 22.5 Å². The van der Waals surface area contributed by atoms with Gasteiger partial charge < -0.3 is 10.1 Å². The van der Waals surface area contributed by atoms with Gasteiger partial charge in [-0.3, -0.25) is 4.79 Å². The molecule has 0 spiro atoms. The van der Waals surface area contributed by atoms with Gasteiger partial charge >= 0.3 is 0 Å². The second-order valence-corrected chi connectivity index (χ2v) is 9.94. The first-order valence-corrected chi connectivity index (χ1v) is 12.9. The number of anilines is 1. The lowest BCUT2D eigenvalue weighted by molar-refractivity contribution is 0.102. The Morgan fingerprint density at radius 1 is 0.789 bits per heavy atom. The molecule has 4 nitrogen and oxygen atoms in total. The Morgan fingerprint density at radius 2 is 1.53 bits per heavy atom. The molecule has 4 heteroatoms. The van der Waals surface area contributed by atoms with E-state index in [4.69, 9.17) is 9.72 Å². The molecule has 0 atom stereocenters. The second kappa shape index (κ2) is 10.5. The number of benzene rings is 4. The van der Waals surface area contributed by atoms with Crippen LogP contribution in [-0.4, -0.2) is 10.9 Å². The highest BCUT2D eigenvalue weighted by Gasteiger charge is 2.21. The molecule has 0 fully saturated rings. The summed E-state index contributed by atoms with van der Waals surface area (Å²) in [5.41, 5.74) is 10.4. The van der Waals surface area contributed by atoms with Crippen molar-refractivity contribution in [1.29, 1.82) is 0 Å². The van der Waals surface area contributed by atoms with Crippen molar-refractivity contribution in [3.8, 4) is 17.0 Å². The maximum atomic E-state index is 13.8. The normalized spacial score (nSPS) is 11.0. The molecule has 38 heavy (non-hydrogen) atoms. The summed E-state index contributed by atoms with van der Waals surface area (Å²) >= 11 is 0. The molecule has 0 radical (unpaired) electrons. The summed E-state index contributed by atoms with van der Waals surface area (Å²) < 4.78 is 5.98. The van der Waals surface area contributed by atoms with Gasteiger partial charge in [0.05, 0.1) is 16.8 Å². The zero-order valence-corrected chi connectivity index (χ0v) is 22.6. The van der Waals surface area contributed by atoms with Crippen LogP contribution in [0.25, 0.3) is 22.2 Å². The first kappa shape index (κ1) is 25.2. The summed E-state index contributed by atoms with van der Waals surface area (Å²) in [5, 5.41) is 4.04. The molecule has 1 aromatic heterocycles. The number of nitrogens with one attached hydrogen (secondary N) is 1. The monoisotopic (exact) mass is 500 g/mol. The highest BCUT2D eigenvalue weighted by molar-refractivity contribution is 6.15. The van der Waals surface area contributed by atoms with E-state index in [1.165, 1.54) is 0 Å². The molecule has 0 aliphatic heterocycles. The second-order valence-electron chi connectivity index (χ2n) is 9.94. The number of aromatic nitrogens is 1. The SMILES string of the molecule is Cc1cc(C)c2nc(-c3ccc(OCc4ccccc4)cc3)c(C)c(C(=O)Nc3cccc(C)c3C)c2c1. The van der Waals surface area contributed by atoms with Gasteiger partial charge in [0.15, 0.2) is 0 Å². The van der Waals surface area contributed by atoms with E-state index in [1.54, 1.807) is 0 Å². The number of rotatable bonds is 6. The Labute approximate surface area is 224 Å². The molecule has 4 aromatic carbocycles. The molecule has 190 valence electrons. The van der Waals surface area contributed by atoms with Crippen molar-refractivity contribution in [2.75, 3.05) is 5.32 Å². The summed E-state index contributed by atoms with van der Waals surface area (Å²) in [6.45, 7) is 10.7. The van der Waals surface area contributed by atoms with E-state index in [9.17, 15) is 4.79 Å². The highest BCUT2D eigenvalue weighted by Crippen LogP contribution is 2.33. The number of fused-ring (bicyclic) bond motifs is 1. The molecule has 0 bridgehead atoms. The van der Waals surface area contributed by atoms with E-state index in [0.717, 1.165) is 67.0 Å². The summed E-state index contributed by atoms with van der Waals surface area (Å²) in [7, 11) is 0. The van der Waals surface area contributed by atoms with E-state index in [2.05, 4.69) is 37.4 Å². The van der Waals surface area contributed by atoms with Crippen LogP contribution in [-0.2, 0) is 6.61 Å². The molecular formula is C34H32N2O2. The predicted molar refractivity (Wildman–Crippen MR) is 156 cm³/mol. The summed E-state index contributed by atoms with van der Waals surface area (Å²) in [6.07, 6.45) is 0. The predicted octanol–water partition coefficient (Wildman–Crippen LogP) is 8.28. The van der Waals surface area contributed by atoms with Crippen LogP contribution in [0.1, 0.15) is 43.7 Å². The van der Waals surface area contributed by atoms with Crippen LogP contribution in [0, 0.1) is 34.6 Å². The Balaban J connectivity index is 1.55. The van der Waals surface area contributed by atoms with Crippen LogP contribution in [0.2, 0.25) is 0 Å². The lowest BCUT2D eigenvalue weighted by Gasteiger charge is -2.18. The van der Waals surface area contributed by atoms with Gasteiger partial charge in [-0.05, 0) is 98.8 Å². The number of nitrogens with zero attached hydrogens (tertiary/aromatic N) is 1. The average Bonchev–Trinajstić information content (AvgIpc) is 2.90. The number of hydrogen-bond acceptors (Lipinski definition) is 3. The quantitative estimate of drug-likeness (QED) is 0.255. The van der Waals surface area contributed by atoms with E-state index < -0.39 is 0 Å². The molecular weight excluding hydrogens is 468 g/mol. The van der Waals surface area contributed by atoms with E-state index in [1.807, 2.05) is 87.5 Å². The summed E-state index contributed by atoms with van der Waals surface area (Å²) in [4.78, 5) is 18.9. The van der Waals surface area contributed by atoms with Crippen molar-refractivity contribution in [2.24, 2.45) is 0 Å². The third-order valence-corrected chi connectivity index (χ3v) is 7.12. The molecule has 0 saturated heterocycles. The lowest BCUT2D eigenvalue weighted by atomic mass is 9.94. The van der Waals surface area contributed by atoms with E-state index >= 15 is 0 Å². The zero-order valence-electron chi connectivity index (χ0n) is 22.6. The number of carbonyl (C=O) groups excluding carboxylic acids is 1. The lowest BCUT2D eigenvalue weighted by Crippen LogP contribution is -2.16. The summed E-state index contributed by atoms with van der Waals surface area (Å²) in [5.74, 6) is 0.661. The van der Waals surface area contributed by atoms with Gasteiger partial charge in [-0.25, -0.2) is 4.98 Å². The fourth-order valence-corrected chi connectivity index (χ4v) is 4.91. The minimum Gasteiger partial charge on any atom is -0.489 e. The standard InChI is InChI=1S/C34H32N2O2/c1-21-18-23(3)32-29(19-21)31(34(37)35-30-13-9-10-22(2)24(30)4)25(5)33(36-32)27-14-16-28(17-15-27)38-20-26-11-7-6-8-12-26/h6-19H,20H2,1-5H3,(H,35,37). The Morgan fingerprint density at radius 3 is 2.26 bits per heavy atom. The number of pyridine rings is 1. The molecule has 0 aliphatic rings. The first-order valence-electron chi connectivity index (χ1n) is 12.9. The minimum absolute atomic E-state index is 0.127. The smallest absolute Gasteiger partial charge is 0.256 e. The van der Waals surface area contributed by atoms with Gasteiger partial charge in [0.1, 0.15) is 12.4 Å². The third kappa shape index (κ3) is 5.03. The van der Waals surface area contributed by atoms with E-state index in [0.29, 0.717) is 12.2 Å². The highest BCUT2D eigenvalue weighted by atomic mass is 16.5. The van der Waals surface area contributed by atoms with Gasteiger partial charge in [0.2, 0.25) is 0 Å². The molecule has 0 saturated carbocycles. The van der Waals surface area contributed by atoms with Gasteiger partial charge in [-0.15, -0.1) is 0 Å². The number of carbonyl (C=O) groups is 1. The van der Waals surface area contributed by atoms with Gasteiger partial charge in [0.25, 0.3) is 5.91 Å². The fourth-order valence-electron chi connectivity index (χ4n) is 4.91. The van der Waals surface area contributed by atoms with Gasteiger partial charge in [-0.2, -0.15) is 0 Å². The largest absolute Gasteiger partial charge is 0.489 e. The van der Waals surface area contributed by atoms with Crippen LogP contribution in [0.15, 0.2) is 84.9 Å². The van der Waals surface area contributed by atoms with Crippen LogP contribution >= 0.6 is 0 Å². The molecule has 1 amide bonds. The van der Waals surface area contributed by atoms with Crippen molar-refractivity contribution < 1.29 is 9.53 Å². The maximum absolute atomic E-state index is 13.8. The van der Waals surface area contributed by atoms with Crippen molar-refractivity contribution in [3.05, 3.63) is 124 Å². The van der Waals surface area contributed by atoms with E-state index in [-0.39, 0.29) is 5.91 Å². The Bertz CT molecular complexity index is 1640. The number of amides is 1. The van der Waals surface area contributed by atoms with Crippen LogP contribution in [0.4, 0.5) is 5.69 Å². The van der Waals surface area contributed by atoms with Crippen LogP contribution in [0.5, 0.6) is 5.75 Å². The van der Waals surface area contributed by atoms with Crippen molar-refractivity contribution in [3.63, 3.8) is 0 Å². The molecule has 0 unspecified atom stereocenters. The number of ether oxygens (including phenoxy) is 1. The van der Waals surface area contributed by atoms with Crippen LogP contribution in [0.3, 0.4) is 0 Å². The fraction of sp³-hybridized carbons (Fsp3) is 0.176. The minimum atomic E-state index is -0.127. The van der Waals surface area contributed by atoms with Crippen molar-refractivity contribution in [2.45, 2.75) is 41.2 Å². The first-order chi connectivity index (χ1) is 18.3. The third-order valence-electron chi connectivity index (χ3n) is 7.12. The van der Waals surface area contributed by atoms with Gasteiger partial charge in [-0.1, -0.05) is 54.1 Å². The molecule has 1 heterocycles. The number of aryl methyl sites for hydroxylation is 3. The summed E-state index contributed by atoms with van der Waals surface area (Å²) in [6, 6.07) is 28.2. The molecule has 5 aromatic rings.